The maximum Gasteiger partial charge on any atom is 0.124 e. The van der Waals surface area contributed by atoms with Crippen molar-refractivity contribution in [3.05, 3.63) is 64.9 Å². The number of rotatable bonds is 4. The van der Waals surface area contributed by atoms with Crippen molar-refractivity contribution in [1.82, 2.24) is 14.5 Å². The van der Waals surface area contributed by atoms with Gasteiger partial charge in [0.2, 0.25) is 0 Å². The molecule has 1 aliphatic rings. The molecule has 1 aromatic heterocycles. The first-order valence-electron chi connectivity index (χ1n) is 11.3. The van der Waals surface area contributed by atoms with E-state index in [1.165, 1.54) is 12.1 Å². The molecule has 23 heavy (non-hydrogen) atoms. The molecule has 0 spiro atoms. The van der Waals surface area contributed by atoms with Gasteiger partial charge in [-0.15, -0.1) is 0 Å². The monoisotopic (exact) mass is 333 g/mol. The summed E-state index contributed by atoms with van der Waals surface area (Å²) < 4.78 is 68.2. The SMILES string of the molecule is [2H]C([2H])(c1nc2ccccc2n1C([2H])([2H])c1ccc(Cl)cc1)N1CC([2H])([2H])C([2H])([2H])C1. The summed E-state index contributed by atoms with van der Waals surface area (Å²) in [5, 5.41) is 0.437. The van der Waals surface area contributed by atoms with Crippen molar-refractivity contribution in [3.8, 4) is 0 Å². The summed E-state index contributed by atoms with van der Waals surface area (Å²) in [5.74, 6) is -0.262. The lowest BCUT2D eigenvalue weighted by atomic mass is 10.2. The van der Waals surface area contributed by atoms with Crippen molar-refractivity contribution in [2.24, 2.45) is 0 Å². The number of aromatic nitrogens is 2. The third-order valence-electron chi connectivity index (χ3n) is 3.57. The molecule has 1 saturated heterocycles. The minimum absolute atomic E-state index is 0.240. The lowest BCUT2D eigenvalue weighted by Gasteiger charge is -2.16. The van der Waals surface area contributed by atoms with Gasteiger partial charge in [-0.05, 0) is 55.7 Å². The predicted octanol–water partition coefficient (Wildman–Crippen LogP) is 4.33. The smallest absolute Gasteiger partial charge is 0.124 e. The van der Waals surface area contributed by atoms with Gasteiger partial charge in [0.25, 0.3) is 0 Å². The number of halogens is 1. The number of imidazole rings is 1. The molecule has 2 heterocycles. The molecule has 1 fully saturated rings. The number of fused-ring (bicyclic) bond motifs is 1. The highest BCUT2D eigenvalue weighted by Gasteiger charge is 2.17. The van der Waals surface area contributed by atoms with E-state index in [-0.39, 0.29) is 11.4 Å². The highest BCUT2D eigenvalue weighted by atomic mass is 35.5. The topological polar surface area (TPSA) is 21.1 Å². The van der Waals surface area contributed by atoms with Crippen LogP contribution in [-0.2, 0) is 13.0 Å². The molecule has 3 nitrogen and oxygen atoms in total. The third-order valence-corrected chi connectivity index (χ3v) is 3.82. The van der Waals surface area contributed by atoms with E-state index in [0.29, 0.717) is 16.1 Å². The average Bonchev–Trinajstić information content (AvgIpc) is 3.18. The summed E-state index contributed by atoms with van der Waals surface area (Å²) in [6, 6.07) is 12.8. The number of para-hydroxylation sites is 2. The fourth-order valence-electron chi connectivity index (χ4n) is 2.45. The number of nitrogens with zero attached hydrogens (tertiary/aromatic N) is 3. The van der Waals surface area contributed by atoms with Gasteiger partial charge in [0.05, 0.1) is 23.0 Å². The van der Waals surface area contributed by atoms with E-state index in [0.717, 1.165) is 9.47 Å². The summed E-state index contributed by atoms with van der Waals surface area (Å²) in [5.41, 5.74) is 0.986. The Morgan fingerprint density at radius 1 is 1.04 bits per heavy atom. The Labute approximate surface area is 152 Å². The van der Waals surface area contributed by atoms with Gasteiger partial charge < -0.3 is 4.57 Å². The maximum absolute atomic E-state index is 8.84. The fraction of sp³-hybridized carbons (Fsp3) is 0.316. The Morgan fingerprint density at radius 2 is 1.78 bits per heavy atom. The van der Waals surface area contributed by atoms with Crippen molar-refractivity contribution in [3.63, 3.8) is 0 Å². The molecular weight excluding hydrogens is 306 g/mol. The van der Waals surface area contributed by atoms with Gasteiger partial charge in [-0.3, -0.25) is 4.90 Å². The van der Waals surface area contributed by atoms with Crippen LogP contribution in [0.15, 0.2) is 48.5 Å². The van der Waals surface area contributed by atoms with Crippen molar-refractivity contribution in [1.29, 1.82) is 0 Å². The van der Waals surface area contributed by atoms with Crippen LogP contribution >= 0.6 is 11.6 Å². The molecule has 0 amide bonds. The quantitative estimate of drug-likeness (QED) is 0.708. The zero-order valence-electron chi connectivity index (χ0n) is 20.3. The first-order valence-corrected chi connectivity index (χ1v) is 7.65. The normalized spacial score (nSPS) is 26.3. The third kappa shape index (κ3) is 3.12. The van der Waals surface area contributed by atoms with Gasteiger partial charge in [-0.2, -0.15) is 0 Å². The van der Waals surface area contributed by atoms with Gasteiger partial charge >= 0.3 is 0 Å². The van der Waals surface area contributed by atoms with Crippen LogP contribution in [0.1, 0.15) is 35.1 Å². The molecule has 0 N–H and O–H groups in total. The summed E-state index contributed by atoms with van der Waals surface area (Å²) in [6.07, 6.45) is -4.52. The van der Waals surface area contributed by atoms with Crippen molar-refractivity contribution in [2.45, 2.75) is 25.7 Å². The number of hydrogen-bond acceptors (Lipinski definition) is 2. The number of likely N-dealkylation sites (tertiary alicyclic amines) is 1. The van der Waals surface area contributed by atoms with Crippen LogP contribution in [0.4, 0.5) is 0 Å². The number of benzene rings is 2. The van der Waals surface area contributed by atoms with Crippen LogP contribution in [0.5, 0.6) is 0 Å². The Kier molecular flexibility index (Phi) is 2.29. The minimum Gasteiger partial charge on any atom is -0.322 e. The zero-order valence-corrected chi connectivity index (χ0v) is 13.0. The van der Waals surface area contributed by atoms with E-state index < -0.39 is 38.8 Å². The van der Waals surface area contributed by atoms with E-state index in [1.54, 1.807) is 36.4 Å². The second-order valence-corrected chi connectivity index (χ2v) is 5.64. The van der Waals surface area contributed by atoms with Crippen LogP contribution in [-0.4, -0.2) is 27.5 Å². The Balaban J connectivity index is 1.91. The van der Waals surface area contributed by atoms with Crippen molar-refractivity contribution < 1.29 is 11.0 Å². The summed E-state index contributed by atoms with van der Waals surface area (Å²) in [4.78, 5) is 5.41. The van der Waals surface area contributed by atoms with Crippen molar-refractivity contribution in [2.75, 3.05) is 13.1 Å². The molecule has 3 aromatic rings. The highest BCUT2D eigenvalue weighted by Crippen LogP contribution is 2.21. The first kappa shape index (κ1) is 8.32. The Morgan fingerprint density at radius 3 is 2.57 bits per heavy atom. The van der Waals surface area contributed by atoms with E-state index in [4.69, 9.17) is 22.6 Å². The van der Waals surface area contributed by atoms with E-state index in [9.17, 15) is 0 Å². The first-order chi connectivity index (χ1) is 14.3. The van der Waals surface area contributed by atoms with Crippen LogP contribution < -0.4 is 0 Å². The van der Waals surface area contributed by atoms with Gasteiger partial charge in [-0.1, -0.05) is 35.9 Å². The van der Waals surface area contributed by atoms with E-state index in [1.807, 2.05) is 0 Å². The van der Waals surface area contributed by atoms with Crippen molar-refractivity contribution >= 4 is 22.6 Å². The number of hydrogen-bond donors (Lipinski definition) is 0. The van der Waals surface area contributed by atoms with Gasteiger partial charge in [0, 0.05) is 17.0 Å². The largest absolute Gasteiger partial charge is 0.322 e. The van der Waals surface area contributed by atoms with Crippen LogP contribution in [0.3, 0.4) is 0 Å². The lowest BCUT2D eigenvalue weighted by Crippen LogP contribution is -2.21. The summed E-state index contributed by atoms with van der Waals surface area (Å²) in [6.45, 7) is -5.61. The molecule has 0 unspecified atom stereocenters. The van der Waals surface area contributed by atoms with Crippen LogP contribution in [0.2, 0.25) is 5.02 Å². The molecule has 1 aliphatic heterocycles. The molecule has 4 rings (SSSR count). The van der Waals surface area contributed by atoms with Gasteiger partial charge in [0.15, 0.2) is 0 Å². The van der Waals surface area contributed by atoms with Crippen LogP contribution in [0.25, 0.3) is 11.0 Å². The van der Waals surface area contributed by atoms with E-state index in [2.05, 4.69) is 4.98 Å². The molecule has 4 heteroatoms. The fourth-order valence-corrected chi connectivity index (χ4v) is 2.57. The predicted molar refractivity (Wildman–Crippen MR) is 94.8 cm³/mol. The van der Waals surface area contributed by atoms with Gasteiger partial charge in [-0.25, -0.2) is 4.98 Å². The molecule has 118 valence electrons. The highest BCUT2D eigenvalue weighted by molar-refractivity contribution is 6.30. The standard InChI is InChI=1S/C19H20ClN3/c20-16-9-7-15(8-10-16)13-23-18-6-2-1-5-17(18)21-19(23)14-22-11-3-4-12-22/h1-2,5-10H,3-4,11-14H2/i3D2,4D2,13D2,14D2. The summed E-state index contributed by atoms with van der Waals surface area (Å²) in [7, 11) is 0. The second-order valence-electron chi connectivity index (χ2n) is 5.20. The van der Waals surface area contributed by atoms with Crippen LogP contribution in [0, 0.1) is 0 Å². The molecule has 0 saturated carbocycles. The molecular formula is C19H20ClN3. The molecule has 0 radical (unpaired) electrons. The molecule has 0 aliphatic carbocycles. The minimum atomic E-state index is -2.43. The van der Waals surface area contributed by atoms with E-state index >= 15 is 0 Å². The molecule has 0 atom stereocenters. The Hall–Kier alpha value is -1.84. The molecule has 2 aromatic carbocycles. The molecule has 0 bridgehead atoms. The Bertz CT molecular complexity index is 1110. The maximum atomic E-state index is 8.84. The summed E-state index contributed by atoms with van der Waals surface area (Å²) >= 11 is 5.95. The zero-order chi connectivity index (χ0) is 22.8. The van der Waals surface area contributed by atoms with Gasteiger partial charge in [0.1, 0.15) is 5.82 Å². The average molecular weight is 334 g/mol. The second kappa shape index (κ2) is 6.34. The lowest BCUT2D eigenvalue weighted by molar-refractivity contribution is 0.318.